The van der Waals surface area contributed by atoms with E-state index in [2.05, 4.69) is 15.6 Å². The molecule has 12 heteroatoms. The van der Waals surface area contributed by atoms with Gasteiger partial charge in [0.1, 0.15) is 11.6 Å². The molecule has 0 amide bonds. The monoisotopic (exact) mass is 628 g/mol. The first kappa shape index (κ1) is 34.2. The average molecular weight is 629 g/mol. The summed E-state index contributed by atoms with van der Waals surface area (Å²) in [6.45, 7) is 8.99. The van der Waals surface area contributed by atoms with Gasteiger partial charge in [0.2, 0.25) is 0 Å². The van der Waals surface area contributed by atoms with Crippen molar-refractivity contribution in [2.24, 2.45) is 17.2 Å². The lowest BCUT2D eigenvalue weighted by molar-refractivity contribution is -0.128. The number of carbonyl (C=O) groups is 2. The highest BCUT2D eigenvalue weighted by Gasteiger charge is 2.34. The quantitative estimate of drug-likeness (QED) is 0.220. The Morgan fingerprint density at radius 1 is 1.02 bits per heavy atom. The number of carbonyl (C=O) groups excluding carboxylic acids is 2. The number of rotatable bonds is 13. The van der Waals surface area contributed by atoms with Crippen molar-refractivity contribution in [1.82, 2.24) is 14.9 Å². The highest BCUT2D eigenvalue weighted by molar-refractivity contribution is 6.33. The number of ketones is 2. The Kier molecular flexibility index (Phi) is 11.0. The number of aromatic nitrogens is 2. The Morgan fingerprint density at radius 3 is 2.23 bits per heavy atom. The molecule has 0 unspecified atom stereocenters. The van der Waals surface area contributed by atoms with E-state index in [-0.39, 0.29) is 42.3 Å². The summed E-state index contributed by atoms with van der Waals surface area (Å²) in [6.07, 6.45) is 6.59. The highest BCUT2D eigenvalue weighted by atomic mass is 35.5. The largest absolute Gasteiger partial charge is 0.381 e. The number of nitrogens with two attached hydrogens (primary N) is 3. The fourth-order valence-corrected chi connectivity index (χ4v) is 5.70. The minimum absolute atomic E-state index is 0.0765. The number of pyridine rings is 2. The molecule has 2 aromatic heterocycles. The summed E-state index contributed by atoms with van der Waals surface area (Å²) in [5.74, 6) is 1.25. The number of nitrogens with zero attached hydrogens (tertiary/aromatic N) is 3. The van der Waals surface area contributed by atoms with Crippen molar-refractivity contribution >= 4 is 34.8 Å². The third kappa shape index (κ3) is 9.42. The standard InChI is InChI=1S/C32H49ClN8O3/c1-30(2,34)26(42)18-41(19-27(43)31(3,4)35)22-10-8-21(9-11-22)39-29-16-23(24(33)17-37-29)25-6-5-7-28(40-25)38-20-32(36)12-14-44-15-13-32/h5-7,16-17,21-22H,8-15,18-20,34-36H2,1-4H3,(H,37,39)(H,38,40)/t21-,22-. The molecule has 1 aliphatic heterocycles. The van der Waals surface area contributed by atoms with Gasteiger partial charge in [-0.05, 0) is 84.4 Å². The Morgan fingerprint density at radius 2 is 1.64 bits per heavy atom. The predicted octanol–water partition coefficient (Wildman–Crippen LogP) is 3.35. The van der Waals surface area contributed by atoms with E-state index in [1.54, 1.807) is 33.9 Å². The molecule has 8 N–H and O–H groups in total. The van der Waals surface area contributed by atoms with Gasteiger partial charge in [-0.1, -0.05) is 17.7 Å². The Labute approximate surface area is 266 Å². The van der Waals surface area contributed by atoms with Gasteiger partial charge in [-0.15, -0.1) is 0 Å². The van der Waals surface area contributed by atoms with Gasteiger partial charge in [-0.3, -0.25) is 14.5 Å². The van der Waals surface area contributed by atoms with Crippen LogP contribution in [0, 0.1) is 0 Å². The molecule has 0 spiro atoms. The van der Waals surface area contributed by atoms with E-state index in [1.807, 2.05) is 29.2 Å². The van der Waals surface area contributed by atoms with Gasteiger partial charge in [-0.25, -0.2) is 9.97 Å². The minimum atomic E-state index is -0.974. The summed E-state index contributed by atoms with van der Waals surface area (Å²) in [5.41, 5.74) is 18.0. The van der Waals surface area contributed by atoms with Crippen LogP contribution in [0.2, 0.25) is 5.02 Å². The van der Waals surface area contributed by atoms with Crippen molar-refractivity contribution in [2.75, 3.05) is 43.5 Å². The van der Waals surface area contributed by atoms with Crippen LogP contribution >= 0.6 is 11.6 Å². The van der Waals surface area contributed by atoms with Crippen LogP contribution < -0.4 is 27.8 Å². The molecular weight excluding hydrogens is 580 g/mol. The Balaban J connectivity index is 1.39. The van der Waals surface area contributed by atoms with E-state index in [9.17, 15) is 9.59 Å². The number of hydrogen-bond donors (Lipinski definition) is 5. The van der Waals surface area contributed by atoms with Crippen LogP contribution in [0.3, 0.4) is 0 Å². The number of anilines is 2. The number of halogens is 1. The van der Waals surface area contributed by atoms with Crippen LogP contribution in [0.25, 0.3) is 11.3 Å². The van der Waals surface area contributed by atoms with Gasteiger partial charge in [0.05, 0.1) is 34.9 Å². The summed E-state index contributed by atoms with van der Waals surface area (Å²) in [7, 11) is 0. The molecule has 2 aliphatic rings. The summed E-state index contributed by atoms with van der Waals surface area (Å²) < 4.78 is 5.45. The van der Waals surface area contributed by atoms with Crippen molar-refractivity contribution in [3.05, 3.63) is 35.5 Å². The van der Waals surface area contributed by atoms with E-state index in [0.717, 1.165) is 55.6 Å². The van der Waals surface area contributed by atoms with E-state index in [1.165, 1.54) is 0 Å². The van der Waals surface area contributed by atoms with Crippen molar-refractivity contribution in [2.45, 2.75) is 94.9 Å². The van der Waals surface area contributed by atoms with Crippen LogP contribution in [-0.4, -0.2) is 88.0 Å². The molecule has 0 aromatic carbocycles. The molecule has 1 aliphatic carbocycles. The van der Waals surface area contributed by atoms with E-state index in [4.69, 9.17) is 38.5 Å². The fraction of sp³-hybridized carbons (Fsp3) is 0.625. The normalized spacial score (nSPS) is 20.8. The van der Waals surface area contributed by atoms with Gasteiger partial charge < -0.3 is 32.6 Å². The second kappa shape index (κ2) is 14.2. The number of Topliss-reactive ketones (excluding diaryl/α,β-unsaturated/α-hetero) is 2. The first-order valence-corrected chi connectivity index (χ1v) is 15.9. The molecule has 0 bridgehead atoms. The molecular formula is C32H49ClN8O3. The van der Waals surface area contributed by atoms with Gasteiger partial charge in [0.15, 0.2) is 11.6 Å². The van der Waals surface area contributed by atoms with Crippen molar-refractivity contribution in [3.8, 4) is 11.3 Å². The third-order valence-corrected chi connectivity index (χ3v) is 8.99. The average Bonchev–Trinajstić information content (AvgIpc) is 2.97. The number of ether oxygens (including phenoxy) is 1. The van der Waals surface area contributed by atoms with Crippen molar-refractivity contribution in [3.63, 3.8) is 0 Å². The number of nitrogens with one attached hydrogen (secondary N) is 2. The molecule has 242 valence electrons. The maximum Gasteiger partial charge on any atom is 0.166 e. The van der Waals surface area contributed by atoms with Crippen LogP contribution in [0.5, 0.6) is 0 Å². The predicted molar refractivity (Wildman–Crippen MR) is 176 cm³/mol. The maximum atomic E-state index is 12.8. The van der Waals surface area contributed by atoms with Crippen molar-refractivity contribution in [1.29, 1.82) is 0 Å². The number of hydrogen-bond acceptors (Lipinski definition) is 11. The smallest absolute Gasteiger partial charge is 0.166 e. The molecule has 0 radical (unpaired) electrons. The lowest BCUT2D eigenvalue weighted by Crippen LogP contribution is -2.54. The summed E-state index contributed by atoms with van der Waals surface area (Å²) in [4.78, 5) is 36.9. The van der Waals surface area contributed by atoms with Gasteiger partial charge in [0, 0.05) is 49.1 Å². The first-order valence-electron chi connectivity index (χ1n) is 15.5. The van der Waals surface area contributed by atoms with Crippen LogP contribution in [0.4, 0.5) is 11.6 Å². The van der Waals surface area contributed by atoms with Crippen LogP contribution in [-0.2, 0) is 14.3 Å². The maximum absolute atomic E-state index is 12.8. The van der Waals surface area contributed by atoms with Gasteiger partial charge >= 0.3 is 0 Å². The zero-order valence-corrected chi connectivity index (χ0v) is 27.3. The zero-order valence-electron chi connectivity index (χ0n) is 26.5. The fourth-order valence-electron chi connectivity index (χ4n) is 5.50. The SMILES string of the molecule is CC(C)(N)C(=O)CN(CC(=O)C(C)(C)N)[C@H]1CC[C@H](Nc2cc(-c3cccc(NCC4(N)CCOCC4)n3)c(Cl)cn2)CC1. The van der Waals surface area contributed by atoms with Gasteiger partial charge in [0.25, 0.3) is 0 Å². The van der Waals surface area contributed by atoms with E-state index >= 15 is 0 Å². The molecule has 11 nitrogen and oxygen atoms in total. The summed E-state index contributed by atoms with van der Waals surface area (Å²) >= 11 is 6.58. The summed E-state index contributed by atoms with van der Waals surface area (Å²) in [5, 5.41) is 7.47. The molecule has 4 rings (SSSR count). The second-order valence-corrected chi connectivity index (χ2v) is 14.0. The topological polar surface area (TPSA) is 175 Å². The van der Waals surface area contributed by atoms with Crippen molar-refractivity contribution < 1.29 is 14.3 Å². The second-order valence-electron chi connectivity index (χ2n) is 13.6. The first-order chi connectivity index (χ1) is 20.6. The Bertz CT molecular complexity index is 1270. The van der Waals surface area contributed by atoms with Crippen LogP contribution in [0.15, 0.2) is 30.5 Å². The lowest BCUT2D eigenvalue weighted by Gasteiger charge is -2.38. The molecule has 1 saturated carbocycles. The molecule has 44 heavy (non-hydrogen) atoms. The minimum Gasteiger partial charge on any atom is -0.381 e. The Hall–Kier alpha value is -2.67. The molecule has 2 aromatic rings. The highest BCUT2D eigenvalue weighted by Crippen LogP contribution is 2.31. The zero-order chi connectivity index (χ0) is 32.1. The molecule has 1 saturated heterocycles. The lowest BCUT2D eigenvalue weighted by atomic mass is 9.88. The van der Waals surface area contributed by atoms with E-state index < -0.39 is 11.1 Å². The van der Waals surface area contributed by atoms with E-state index in [0.29, 0.717) is 30.6 Å². The van der Waals surface area contributed by atoms with Gasteiger partial charge in [-0.2, -0.15) is 0 Å². The molecule has 3 heterocycles. The third-order valence-electron chi connectivity index (χ3n) is 8.69. The molecule has 2 fully saturated rings. The molecule has 0 atom stereocenters. The summed E-state index contributed by atoms with van der Waals surface area (Å²) in [6, 6.07) is 7.98. The van der Waals surface area contributed by atoms with Crippen LogP contribution in [0.1, 0.15) is 66.2 Å².